The highest BCUT2D eigenvalue weighted by molar-refractivity contribution is 5.89. The quantitative estimate of drug-likeness (QED) is 0.815. The summed E-state index contributed by atoms with van der Waals surface area (Å²) in [6.45, 7) is 4.65. The molecule has 5 nitrogen and oxygen atoms in total. The molecule has 2 aromatic rings. The van der Waals surface area contributed by atoms with Crippen LogP contribution in [-0.2, 0) is 16.0 Å². The second kappa shape index (κ2) is 9.65. The van der Waals surface area contributed by atoms with E-state index in [9.17, 15) is 14.0 Å². The topological polar surface area (TPSA) is 52.7 Å². The van der Waals surface area contributed by atoms with Crippen LogP contribution in [-0.4, -0.2) is 54.8 Å². The van der Waals surface area contributed by atoms with Gasteiger partial charge in [0.15, 0.2) is 0 Å². The van der Waals surface area contributed by atoms with Crippen LogP contribution < -0.4 is 5.32 Å². The number of nitrogens with one attached hydrogen (secondary N) is 1. The summed E-state index contributed by atoms with van der Waals surface area (Å²) in [5.41, 5.74) is 1.25. The molecule has 1 saturated heterocycles. The fourth-order valence-corrected chi connectivity index (χ4v) is 3.51. The molecule has 154 valence electrons. The number of nitrogens with zero attached hydrogens (tertiary/aromatic N) is 2. The lowest BCUT2D eigenvalue weighted by atomic mass is 9.98. The Hall–Kier alpha value is -2.73. The first kappa shape index (κ1) is 21.0. The standard InChI is InChI=1S/C23H28FN3O2/c1-17(16-19-10-6-7-11-20(19)24)22(28)25-21(18-8-4-3-5-9-18)23(29)27-14-12-26(2)13-15-27/h3-11,17,21H,12-16H2,1-2H3,(H,25,28)/t17?,21-/m0/s1. The van der Waals surface area contributed by atoms with Gasteiger partial charge in [0, 0.05) is 32.1 Å². The normalized spacial score (nSPS) is 16.9. The van der Waals surface area contributed by atoms with Gasteiger partial charge in [0.05, 0.1) is 0 Å². The van der Waals surface area contributed by atoms with Crippen molar-refractivity contribution < 1.29 is 14.0 Å². The molecule has 0 bridgehead atoms. The van der Waals surface area contributed by atoms with Crippen molar-refractivity contribution in [1.82, 2.24) is 15.1 Å². The van der Waals surface area contributed by atoms with Gasteiger partial charge in [-0.3, -0.25) is 9.59 Å². The molecule has 2 atom stereocenters. The zero-order chi connectivity index (χ0) is 20.8. The van der Waals surface area contributed by atoms with Gasteiger partial charge >= 0.3 is 0 Å². The van der Waals surface area contributed by atoms with Crippen LogP contribution in [0.3, 0.4) is 0 Å². The number of likely N-dealkylation sites (N-methyl/N-ethyl adjacent to an activating group) is 1. The molecule has 1 unspecified atom stereocenters. The third-order valence-corrected chi connectivity index (χ3v) is 5.41. The number of halogens is 1. The van der Waals surface area contributed by atoms with E-state index in [-0.39, 0.29) is 24.1 Å². The van der Waals surface area contributed by atoms with E-state index in [0.29, 0.717) is 18.7 Å². The molecule has 1 N–H and O–H groups in total. The van der Waals surface area contributed by atoms with Crippen molar-refractivity contribution in [2.75, 3.05) is 33.2 Å². The van der Waals surface area contributed by atoms with Gasteiger partial charge in [-0.05, 0) is 30.7 Å². The third-order valence-electron chi connectivity index (χ3n) is 5.41. The zero-order valence-electron chi connectivity index (χ0n) is 17.0. The molecule has 6 heteroatoms. The zero-order valence-corrected chi connectivity index (χ0v) is 17.0. The van der Waals surface area contributed by atoms with Crippen molar-refractivity contribution in [2.45, 2.75) is 19.4 Å². The third kappa shape index (κ3) is 5.41. The molecule has 3 rings (SSSR count). The van der Waals surface area contributed by atoms with E-state index in [0.717, 1.165) is 18.7 Å². The highest BCUT2D eigenvalue weighted by atomic mass is 19.1. The molecule has 29 heavy (non-hydrogen) atoms. The summed E-state index contributed by atoms with van der Waals surface area (Å²) in [7, 11) is 2.03. The molecule has 2 aromatic carbocycles. The SMILES string of the molecule is CC(Cc1ccccc1F)C(=O)N[C@H](C(=O)N1CCN(C)CC1)c1ccccc1. The van der Waals surface area contributed by atoms with Crippen LogP contribution in [0.1, 0.15) is 24.1 Å². The number of carbonyl (C=O) groups is 2. The van der Waals surface area contributed by atoms with Crippen LogP contribution in [0.4, 0.5) is 4.39 Å². The van der Waals surface area contributed by atoms with Crippen LogP contribution in [0, 0.1) is 11.7 Å². The second-order valence-electron chi connectivity index (χ2n) is 7.68. The van der Waals surface area contributed by atoms with Gasteiger partial charge in [-0.25, -0.2) is 4.39 Å². The molecule has 1 fully saturated rings. The van der Waals surface area contributed by atoms with E-state index >= 15 is 0 Å². The average molecular weight is 397 g/mol. The maximum absolute atomic E-state index is 13.9. The lowest BCUT2D eigenvalue weighted by Crippen LogP contribution is -2.51. The maximum atomic E-state index is 13.9. The van der Waals surface area contributed by atoms with E-state index in [4.69, 9.17) is 0 Å². The highest BCUT2D eigenvalue weighted by Gasteiger charge is 2.30. The molecule has 0 aliphatic carbocycles. The molecular formula is C23H28FN3O2. The number of hydrogen-bond acceptors (Lipinski definition) is 3. The van der Waals surface area contributed by atoms with E-state index in [1.807, 2.05) is 37.4 Å². The van der Waals surface area contributed by atoms with Crippen LogP contribution in [0.25, 0.3) is 0 Å². The summed E-state index contributed by atoms with van der Waals surface area (Å²) in [6, 6.07) is 15.0. The number of hydrogen-bond donors (Lipinski definition) is 1. The van der Waals surface area contributed by atoms with Gasteiger partial charge in [0.2, 0.25) is 11.8 Å². The van der Waals surface area contributed by atoms with Crippen LogP contribution in [0.2, 0.25) is 0 Å². The number of amides is 2. The number of carbonyl (C=O) groups excluding carboxylic acids is 2. The first-order chi connectivity index (χ1) is 14.0. The summed E-state index contributed by atoms with van der Waals surface area (Å²) >= 11 is 0. The number of piperazine rings is 1. The lowest BCUT2D eigenvalue weighted by Gasteiger charge is -2.35. The molecule has 0 radical (unpaired) electrons. The Bertz CT molecular complexity index is 835. The first-order valence-corrected chi connectivity index (χ1v) is 10.0. The molecule has 0 aromatic heterocycles. The molecule has 1 heterocycles. The summed E-state index contributed by atoms with van der Waals surface area (Å²) in [6.07, 6.45) is 0.280. The summed E-state index contributed by atoms with van der Waals surface area (Å²) in [5.74, 6) is -1.14. The van der Waals surface area contributed by atoms with E-state index < -0.39 is 12.0 Å². The summed E-state index contributed by atoms with van der Waals surface area (Å²) < 4.78 is 13.9. The fourth-order valence-electron chi connectivity index (χ4n) is 3.51. The van der Waals surface area contributed by atoms with Crippen molar-refractivity contribution in [3.05, 3.63) is 71.5 Å². The molecular weight excluding hydrogens is 369 g/mol. The Morgan fingerprint density at radius 3 is 2.28 bits per heavy atom. The second-order valence-corrected chi connectivity index (χ2v) is 7.68. The number of benzene rings is 2. The molecule has 1 aliphatic heterocycles. The molecule has 1 aliphatic rings. The Morgan fingerprint density at radius 2 is 1.62 bits per heavy atom. The van der Waals surface area contributed by atoms with Gasteiger partial charge < -0.3 is 15.1 Å². The lowest BCUT2D eigenvalue weighted by molar-refractivity contribution is -0.138. The maximum Gasteiger partial charge on any atom is 0.249 e. The van der Waals surface area contributed by atoms with E-state index in [2.05, 4.69) is 10.2 Å². The minimum absolute atomic E-state index is 0.101. The molecule has 2 amide bonds. The Kier molecular flexibility index (Phi) is 6.99. The predicted molar refractivity (Wildman–Crippen MR) is 111 cm³/mol. The monoisotopic (exact) mass is 397 g/mol. The van der Waals surface area contributed by atoms with Crippen molar-refractivity contribution in [3.8, 4) is 0 Å². The van der Waals surface area contributed by atoms with Gasteiger partial charge in [-0.15, -0.1) is 0 Å². The Labute approximate surface area is 171 Å². The predicted octanol–water partition coefficient (Wildman–Crippen LogP) is 2.64. The minimum atomic E-state index is -0.741. The van der Waals surface area contributed by atoms with Crippen molar-refractivity contribution in [3.63, 3.8) is 0 Å². The van der Waals surface area contributed by atoms with Crippen molar-refractivity contribution in [1.29, 1.82) is 0 Å². The molecule has 0 spiro atoms. The fraction of sp³-hybridized carbons (Fsp3) is 0.391. The minimum Gasteiger partial charge on any atom is -0.340 e. The van der Waals surface area contributed by atoms with Gasteiger partial charge in [-0.2, -0.15) is 0 Å². The van der Waals surface area contributed by atoms with E-state index in [1.165, 1.54) is 6.07 Å². The highest BCUT2D eigenvalue weighted by Crippen LogP contribution is 2.19. The average Bonchev–Trinajstić information content (AvgIpc) is 2.74. The van der Waals surface area contributed by atoms with Crippen LogP contribution in [0.15, 0.2) is 54.6 Å². The largest absolute Gasteiger partial charge is 0.340 e. The Morgan fingerprint density at radius 1 is 1.00 bits per heavy atom. The van der Waals surface area contributed by atoms with Crippen molar-refractivity contribution >= 4 is 11.8 Å². The first-order valence-electron chi connectivity index (χ1n) is 10.0. The molecule has 0 saturated carbocycles. The smallest absolute Gasteiger partial charge is 0.249 e. The summed E-state index contributed by atoms with van der Waals surface area (Å²) in [4.78, 5) is 30.1. The van der Waals surface area contributed by atoms with Crippen molar-refractivity contribution in [2.24, 2.45) is 5.92 Å². The van der Waals surface area contributed by atoms with Crippen LogP contribution >= 0.6 is 0 Å². The number of rotatable bonds is 6. The Balaban J connectivity index is 1.73. The van der Waals surface area contributed by atoms with Crippen LogP contribution in [0.5, 0.6) is 0 Å². The summed E-state index contributed by atoms with van der Waals surface area (Å²) in [5, 5.41) is 2.91. The van der Waals surface area contributed by atoms with Gasteiger partial charge in [0.25, 0.3) is 0 Å². The van der Waals surface area contributed by atoms with Gasteiger partial charge in [-0.1, -0.05) is 55.5 Å². The van der Waals surface area contributed by atoms with E-state index in [1.54, 1.807) is 30.0 Å². The van der Waals surface area contributed by atoms with Gasteiger partial charge in [0.1, 0.15) is 11.9 Å².